The van der Waals surface area contributed by atoms with Gasteiger partial charge in [0.15, 0.2) is 0 Å². The van der Waals surface area contributed by atoms with Crippen molar-refractivity contribution in [1.29, 1.82) is 0 Å². The van der Waals surface area contributed by atoms with E-state index in [2.05, 4.69) is 0 Å². The molecule has 4 heteroatoms. The van der Waals surface area contributed by atoms with Crippen LogP contribution < -0.4 is 5.73 Å². The third-order valence-corrected chi connectivity index (χ3v) is 2.81. The molecule has 0 amide bonds. The van der Waals surface area contributed by atoms with Crippen molar-refractivity contribution in [2.24, 2.45) is 11.1 Å². The minimum Gasteiger partial charge on any atom is -0.469 e. The Morgan fingerprint density at radius 3 is 2.31 bits per heavy atom. The summed E-state index contributed by atoms with van der Waals surface area (Å²) in [6.45, 7) is 1.96. The molecule has 0 unspecified atom stereocenters. The lowest BCUT2D eigenvalue weighted by Gasteiger charge is -2.33. The number of carbonyl (C=O) groups is 1. The minimum absolute atomic E-state index is 0. The van der Waals surface area contributed by atoms with Crippen molar-refractivity contribution in [1.82, 2.24) is 0 Å². The first-order valence-electron chi connectivity index (χ1n) is 4.42. The Morgan fingerprint density at radius 1 is 1.46 bits per heavy atom. The number of nitrogens with two attached hydrogens (primary N) is 1. The molecule has 2 N–H and O–H groups in total. The third-order valence-electron chi connectivity index (χ3n) is 2.81. The molecule has 0 spiro atoms. The zero-order valence-corrected chi connectivity index (χ0v) is 9.02. The first-order chi connectivity index (χ1) is 5.58. The number of esters is 1. The summed E-state index contributed by atoms with van der Waals surface area (Å²) in [5.41, 5.74) is 5.47. The molecule has 0 bridgehead atoms. The maximum atomic E-state index is 11.3. The fourth-order valence-electron chi connectivity index (χ4n) is 1.73. The summed E-state index contributed by atoms with van der Waals surface area (Å²) in [7, 11) is 1.45. The van der Waals surface area contributed by atoms with E-state index < -0.39 is 0 Å². The molecule has 0 aromatic rings. The highest BCUT2D eigenvalue weighted by molar-refractivity contribution is 5.85. The number of carbonyl (C=O) groups excluding carboxylic acids is 1. The van der Waals surface area contributed by atoms with Crippen LogP contribution in [0.5, 0.6) is 0 Å². The van der Waals surface area contributed by atoms with Crippen LogP contribution in [0.25, 0.3) is 0 Å². The van der Waals surface area contributed by atoms with Gasteiger partial charge in [0.1, 0.15) is 0 Å². The van der Waals surface area contributed by atoms with Crippen LogP contribution in [-0.2, 0) is 9.53 Å². The third kappa shape index (κ3) is 2.85. The van der Waals surface area contributed by atoms with E-state index in [9.17, 15) is 4.79 Å². The van der Waals surface area contributed by atoms with Gasteiger partial charge in [-0.25, -0.2) is 0 Å². The van der Waals surface area contributed by atoms with Gasteiger partial charge in [-0.1, -0.05) is 0 Å². The van der Waals surface area contributed by atoms with E-state index in [-0.39, 0.29) is 29.8 Å². The van der Waals surface area contributed by atoms with Gasteiger partial charge in [-0.05, 0) is 32.6 Å². The maximum Gasteiger partial charge on any atom is 0.311 e. The van der Waals surface area contributed by atoms with Gasteiger partial charge in [-0.2, -0.15) is 0 Å². The molecule has 1 aliphatic rings. The van der Waals surface area contributed by atoms with Crippen LogP contribution in [0.3, 0.4) is 0 Å². The summed E-state index contributed by atoms with van der Waals surface area (Å²) in [4.78, 5) is 11.3. The summed E-state index contributed by atoms with van der Waals surface area (Å²) >= 11 is 0. The highest BCUT2D eigenvalue weighted by Crippen LogP contribution is 2.36. The van der Waals surface area contributed by atoms with Crippen LogP contribution in [0.1, 0.15) is 32.6 Å². The summed E-state index contributed by atoms with van der Waals surface area (Å²) in [5.74, 6) is -0.0885. The molecule has 1 aliphatic carbocycles. The van der Waals surface area contributed by atoms with Gasteiger partial charge in [0.05, 0.1) is 12.5 Å². The highest BCUT2D eigenvalue weighted by atomic mass is 35.5. The van der Waals surface area contributed by atoms with Gasteiger partial charge < -0.3 is 10.5 Å². The second-order valence-electron chi connectivity index (χ2n) is 3.89. The Hall–Kier alpha value is -0.280. The Labute approximate surface area is 85.4 Å². The molecule has 0 aliphatic heterocycles. The zero-order chi connectivity index (χ0) is 9.19. The van der Waals surface area contributed by atoms with Gasteiger partial charge in [0.2, 0.25) is 0 Å². The summed E-state index contributed by atoms with van der Waals surface area (Å²) in [5, 5.41) is 0. The Morgan fingerprint density at radius 2 is 1.92 bits per heavy atom. The molecule has 0 aromatic carbocycles. The Balaban J connectivity index is 0.00000144. The standard InChI is InChI=1S/C9H17NO2.ClH/c1-9(8(11)12-2)5-3-7(10)4-6-9;/h7H,3-6,10H2,1-2H3;1H. The minimum atomic E-state index is -0.273. The zero-order valence-electron chi connectivity index (χ0n) is 8.21. The van der Waals surface area contributed by atoms with Gasteiger partial charge in [0.25, 0.3) is 0 Å². The molecule has 0 radical (unpaired) electrons. The molecule has 1 saturated carbocycles. The van der Waals surface area contributed by atoms with E-state index in [1.165, 1.54) is 7.11 Å². The molecule has 78 valence electrons. The number of rotatable bonds is 1. The number of hydrogen-bond donors (Lipinski definition) is 1. The van der Waals surface area contributed by atoms with Crippen molar-refractivity contribution >= 4 is 18.4 Å². The van der Waals surface area contributed by atoms with Gasteiger partial charge in [-0.3, -0.25) is 4.79 Å². The van der Waals surface area contributed by atoms with Crippen LogP contribution in [0.4, 0.5) is 0 Å². The smallest absolute Gasteiger partial charge is 0.311 e. The fourth-order valence-corrected chi connectivity index (χ4v) is 1.73. The molecule has 3 nitrogen and oxygen atoms in total. The number of halogens is 1. The van der Waals surface area contributed by atoms with Crippen LogP contribution in [0.2, 0.25) is 0 Å². The molecule has 0 saturated heterocycles. The topological polar surface area (TPSA) is 52.3 Å². The Bertz CT molecular complexity index is 176. The maximum absolute atomic E-state index is 11.3. The summed E-state index contributed by atoms with van der Waals surface area (Å²) in [6.07, 6.45) is 3.60. The quantitative estimate of drug-likeness (QED) is 0.663. The predicted molar refractivity (Wildman–Crippen MR) is 53.8 cm³/mol. The lowest BCUT2D eigenvalue weighted by molar-refractivity contribution is -0.153. The molecule has 0 atom stereocenters. The van der Waals surface area contributed by atoms with Crippen LogP contribution in [0, 0.1) is 5.41 Å². The monoisotopic (exact) mass is 207 g/mol. The van der Waals surface area contributed by atoms with Crippen molar-refractivity contribution in [2.45, 2.75) is 38.6 Å². The van der Waals surface area contributed by atoms with E-state index in [0.29, 0.717) is 0 Å². The lowest BCUT2D eigenvalue weighted by atomic mass is 9.74. The molecular formula is C9H18ClNO2. The van der Waals surface area contributed by atoms with E-state index >= 15 is 0 Å². The second kappa shape index (κ2) is 4.82. The van der Waals surface area contributed by atoms with Gasteiger partial charge in [0, 0.05) is 6.04 Å². The van der Waals surface area contributed by atoms with E-state index in [0.717, 1.165) is 25.7 Å². The van der Waals surface area contributed by atoms with E-state index in [1.807, 2.05) is 6.92 Å². The highest BCUT2D eigenvalue weighted by Gasteiger charge is 2.37. The second-order valence-corrected chi connectivity index (χ2v) is 3.89. The number of hydrogen-bond acceptors (Lipinski definition) is 3. The fraction of sp³-hybridized carbons (Fsp3) is 0.889. The van der Waals surface area contributed by atoms with E-state index in [4.69, 9.17) is 10.5 Å². The lowest BCUT2D eigenvalue weighted by Crippen LogP contribution is -2.37. The molecular weight excluding hydrogens is 190 g/mol. The number of methoxy groups -OCH3 is 1. The number of ether oxygens (including phenoxy) is 1. The first-order valence-corrected chi connectivity index (χ1v) is 4.42. The van der Waals surface area contributed by atoms with Crippen molar-refractivity contribution in [3.8, 4) is 0 Å². The Kier molecular flexibility index (Phi) is 4.71. The molecule has 1 rings (SSSR count). The normalized spacial score (nSPS) is 33.3. The molecule has 0 heterocycles. The molecule has 13 heavy (non-hydrogen) atoms. The first kappa shape index (κ1) is 12.7. The molecule has 0 aromatic heterocycles. The van der Waals surface area contributed by atoms with Crippen molar-refractivity contribution in [3.05, 3.63) is 0 Å². The SMILES string of the molecule is COC(=O)C1(C)CCC(N)CC1.Cl. The van der Waals surface area contributed by atoms with E-state index in [1.54, 1.807) is 0 Å². The van der Waals surface area contributed by atoms with Crippen molar-refractivity contribution < 1.29 is 9.53 Å². The van der Waals surface area contributed by atoms with Gasteiger partial charge >= 0.3 is 5.97 Å². The van der Waals surface area contributed by atoms with Crippen LogP contribution in [-0.4, -0.2) is 19.1 Å². The predicted octanol–water partition coefficient (Wildman–Crippen LogP) is 1.49. The van der Waals surface area contributed by atoms with Crippen molar-refractivity contribution in [3.63, 3.8) is 0 Å². The van der Waals surface area contributed by atoms with Crippen LogP contribution >= 0.6 is 12.4 Å². The summed E-state index contributed by atoms with van der Waals surface area (Å²) in [6, 6.07) is 0.280. The summed E-state index contributed by atoms with van der Waals surface area (Å²) < 4.78 is 4.75. The van der Waals surface area contributed by atoms with Crippen LogP contribution in [0.15, 0.2) is 0 Å². The molecule has 1 fully saturated rings. The largest absolute Gasteiger partial charge is 0.469 e. The van der Waals surface area contributed by atoms with Gasteiger partial charge in [-0.15, -0.1) is 12.4 Å². The van der Waals surface area contributed by atoms with Crippen molar-refractivity contribution in [2.75, 3.05) is 7.11 Å². The average Bonchev–Trinajstić information content (AvgIpc) is 2.09. The average molecular weight is 208 g/mol.